The standard InChI is InChI=1S/C24H16F3N3O2.C17H13F3N2O2.C15H8F3N3O.C11H14N2O.2CH4.BO/c1-14-22(29-19-5-3-2-4-18(19)23(14)31)16-8-11-21-28-20(13-30(21)12-16)15-6-9-17(10-7-15)32-24(25,26)27;1-2-15(23)12-5-8-16-21-14(10-22(16)9-12)11-3-6-13(7-4-11)24-17(18,19)20;1-19-11-4-7-14-20-13(9-21(14)8-11)10-2-5-12(6-3-10)22-15(16,17)18;1-11(2)7-14-10(13-11)8-5-3-4-6-9(8)12;;;1-2/h2-13H,1H3,(H,29,31);3-10H,2H2,1H3;2-9H;3-6H,7,12H2,1-2H3;2*1H4;/q;;;;;;-1. The lowest BCUT2D eigenvalue weighted by Crippen LogP contribution is -2.17. The summed E-state index contributed by atoms with van der Waals surface area (Å²) in [5, 5.41) is 8.39. The van der Waals surface area contributed by atoms with Crippen LogP contribution in [0.4, 0.5) is 50.9 Å². The number of benzene rings is 5. The summed E-state index contributed by atoms with van der Waals surface area (Å²) in [6.45, 7) is 15.2. The average Bonchev–Trinajstić information content (AvgIpc) is 1.27. The van der Waals surface area contributed by atoms with Gasteiger partial charge in [0.25, 0.3) is 0 Å². The molecule has 96 heavy (non-hydrogen) atoms. The van der Waals surface area contributed by atoms with Crippen LogP contribution < -0.4 is 30.4 Å². The van der Waals surface area contributed by atoms with Gasteiger partial charge in [0.2, 0.25) is 11.6 Å². The quantitative estimate of drug-likeness (QED) is 0.0433. The van der Waals surface area contributed by atoms with Crippen molar-refractivity contribution in [1.29, 1.82) is 0 Å². The fourth-order valence-corrected chi connectivity index (χ4v) is 9.48. The number of nitrogens with one attached hydrogen (secondary N) is 1. The Hall–Kier alpha value is -11.4. The number of pyridine rings is 4. The minimum Gasteiger partial charge on any atom is -0.892 e. The van der Waals surface area contributed by atoms with E-state index < -0.39 is 19.1 Å². The Labute approximate surface area is 544 Å². The van der Waals surface area contributed by atoms with Crippen LogP contribution in [0.5, 0.6) is 17.2 Å². The Balaban J connectivity index is 0.000000184. The number of alkyl halides is 9. The van der Waals surface area contributed by atoms with E-state index in [0.717, 1.165) is 22.3 Å². The maximum absolute atomic E-state index is 12.8. The van der Waals surface area contributed by atoms with E-state index in [2.05, 4.69) is 52.0 Å². The van der Waals surface area contributed by atoms with E-state index in [0.29, 0.717) is 97.5 Å². The number of nitrogens with two attached hydrogens (primary N) is 1. The summed E-state index contributed by atoms with van der Waals surface area (Å²) in [6, 6.07) is 41.9. The average molecular weight is 1320 g/mol. The number of imidazole rings is 3. The molecular formula is C69H59BF9N10O7-. The fourth-order valence-electron chi connectivity index (χ4n) is 9.48. The number of aromatic nitrogens is 7. The van der Waals surface area contributed by atoms with E-state index in [1.165, 1.54) is 72.8 Å². The molecule has 27 heteroatoms. The predicted molar refractivity (Wildman–Crippen MR) is 348 cm³/mol. The number of carbonyl (C=O) groups excluding carboxylic acids is 1. The molecule has 5 aromatic carbocycles. The molecule has 0 aliphatic carbocycles. The van der Waals surface area contributed by atoms with Crippen LogP contribution >= 0.6 is 0 Å². The molecule has 0 atom stereocenters. The number of ketones is 1. The van der Waals surface area contributed by atoms with E-state index in [4.69, 9.17) is 22.1 Å². The second-order valence-corrected chi connectivity index (χ2v) is 21.1. The van der Waals surface area contributed by atoms with Gasteiger partial charge in [0.1, 0.15) is 40.8 Å². The SMILES string of the molecule is C.C.CC1(C)COC(c2ccccc2N)=N1.CCC(=O)c1ccc2nc(-c3ccc(OC(F)(F)F)cc3)cn2c1.Cc1c(-c2ccc3nc(-c4ccc(OC(F)(F)F)cc4)cn3c2)[nH]c2ccccc2c1=O.[B][O-].[C-]#[N+]c1ccc2nc(-c3ccc(OC(F)(F)F)cc3)cn2c1. The number of aliphatic imine (C=N–C) groups is 1. The van der Waals surface area contributed by atoms with Crippen LogP contribution in [-0.2, 0) is 4.74 Å². The predicted octanol–water partition coefficient (Wildman–Crippen LogP) is 16.2. The van der Waals surface area contributed by atoms with Gasteiger partial charge in [-0.1, -0.05) is 52.1 Å². The summed E-state index contributed by atoms with van der Waals surface area (Å²) in [7, 11) is 3.25. The number of hydrogen-bond donors (Lipinski definition) is 2. The number of rotatable bonds is 10. The van der Waals surface area contributed by atoms with Gasteiger partial charge in [-0.2, -0.15) is 0 Å². The normalized spacial score (nSPS) is 12.3. The van der Waals surface area contributed by atoms with Crippen molar-refractivity contribution in [3.05, 3.63) is 233 Å². The molecule has 7 aromatic heterocycles. The number of carbonyl (C=O) groups is 1. The van der Waals surface area contributed by atoms with Gasteiger partial charge in [0, 0.05) is 93.6 Å². The smallest absolute Gasteiger partial charge is 0.573 e. The molecule has 0 fully saturated rings. The molecule has 0 amide bonds. The Kier molecular flexibility index (Phi) is 22.6. The summed E-state index contributed by atoms with van der Waals surface area (Å²) in [4.78, 5) is 49.0. The maximum Gasteiger partial charge on any atom is 0.573 e. The second-order valence-electron chi connectivity index (χ2n) is 21.1. The molecule has 494 valence electrons. The highest BCUT2D eigenvalue weighted by Crippen LogP contribution is 2.32. The Morgan fingerprint density at radius 1 is 0.615 bits per heavy atom. The van der Waals surface area contributed by atoms with Crippen LogP contribution in [0.25, 0.3) is 77.7 Å². The number of anilines is 1. The highest BCUT2D eigenvalue weighted by molar-refractivity contribution is 6.00. The molecule has 1 aliphatic rings. The summed E-state index contributed by atoms with van der Waals surface area (Å²) in [5.41, 5.74) is 17.0. The first-order valence-corrected chi connectivity index (χ1v) is 28.1. The lowest BCUT2D eigenvalue weighted by atomic mass is 10.1. The molecule has 0 saturated carbocycles. The summed E-state index contributed by atoms with van der Waals surface area (Å²) < 4.78 is 132. The van der Waals surface area contributed by atoms with Crippen molar-refractivity contribution < 1.29 is 68.3 Å². The summed E-state index contributed by atoms with van der Waals surface area (Å²) in [6.07, 6.45) is -3.33. The first-order valence-electron chi connectivity index (χ1n) is 28.1. The minimum absolute atomic E-state index is 0. The lowest BCUT2D eigenvalue weighted by molar-refractivity contribution is -0.275. The molecule has 0 saturated heterocycles. The van der Waals surface area contributed by atoms with Crippen LogP contribution in [0, 0.1) is 13.5 Å². The molecule has 3 N–H and O–H groups in total. The monoisotopic (exact) mass is 1320 g/mol. The topological polar surface area (TPSA) is 205 Å². The van der Waals surface area contributed by atoms with Crippen molar-refractivity contribution in [2.75, 3.05) is 12.3 Å². The molecular weight excluding hydrogens is 1260 g/mol. The van der Waals surface area contributed by atoms with Gasteiger partial charge in [-0.25, -0.2) is 24.8 Å². The molecule has 8 heterocycles. The fraction of sp³-hybridized carbons (Fsp3) is 0.174. The van der Waals surface area contributed by atoms with Crippen molar-refractivity contribution in [2.45, 2.75) is 73.6 Å². The first-order chi connectivity index (χ1) is 44.7. The minimum atomic E-state index is -4.73. The zero-order valence-electron chi connectivity index (χ0n) is 49.9. The molecule has 0 bridgehead atoms. The number of fused-ring (bicyclic) bond motifs is 4. The number of Topliss-reactive ketones (excluding diaryl/α,β-unsaturated/α-hetero) is 1. The molecule has 12 aromatic rings. The third kappa shape index (κ3) is 18.3. The third-order valence-electron chi connectivity index (χ3n) is 13.9. The summed E-state index contributed by atoms with van der Waals surface area (Å²) >= 11 is 0. The highest BCUT2D eigenvalue weighted by Gasteiger charge is 2.33. The first kappa shape index (κ1) is 72.0. The number of nitrogens with zero attached hydrogens (tertiary/aromatic N) is 8. The van der Waals surface area contributed by atoms with Crippen LogP contribution in [0.15, 0.2) is 205 Å². The van der Waals surface area contributed by atoms with Crippen molar-refractivity contribution in [2.24, 2.45) is 4.99 Å². The molecule has 17 nitrogen and oxygen atoms in total. The zero-order chi connectivity index (χ0) is 67.7. The Morgan fingerprint density at radius 2 is 1.04 bits per heavy atom. The van der Waals surface area contributed by atoms with E-state index in [-0.39, 0.29) is 48.9 Å². The largest absolute Gasteiger partial charge is 0.892 e. The van der Waals surface area contributed by atoms with Crippen LogP contribution in [-0.4, -0.2) is 84.1 Å². The number of hydrogen-bond acceptors (Lipinski definition) is 12. The Bertz CT molecular complexity index is 4810. The van der Waals surface area contributed by atoms with Crippen LogP contribution in [0.1, 0.15) is 63.5 Å². The zero-order valence-corrected chi connectivity index (χ0v) is 49.9. The Morgan fingerprint density at radius 3 is 1.49 bits per heavy atom. The lowest BCUT2D eigenvalue weighted by Gasteiger charge is -2.09. The van der Waals surface area contributed by atoms with Crippen LogP contribution in [0.2, 0.25) is 0 Å². The highest BCUT2D eigenvalue weighted by atomic mass is 19.4. The number of halogens is 9. The maximum atomic E-state index is 12.8. The third-order valence-corrected chi connectivity index (χ3v) is 13.9. The number of nitrogen functional groups attached to an aromatic ring is 1. The molecule has 1 aliphatic heterocycles. The van der Waals surface area contributed by atoms with Gasteiger partial charge in [0.05, 0.1) is 40.5 Å². The van der Waals surface area contributed by atoms with E-state index >= 15 is 0 Å². The van der Waals surface area contributed by atoms with E-state index in [1.807, 2.05) is 79.0 Å². The molecule has 0 unspecified atom stereocenters. The van der Waals surface area contributed by atoms with Gasteiger partial charge in [-0.15, -0.1) is 47.6 Å². The molecule has 2 radical (unpaired) electrons. The number of aromatic amines is 1. The van der Waals surface area contributed by atoms with Crippen molar-refractivity contribution in [3.63, 3.8) is 0 Å². The van der Waals surface area contributed by atoms with Crippen molar-refractivity contribution in [1.82, 2.24) is 33.1 Å². The van der Waals surface area contributed by atoms with Gasteiger partial charge < -0.3 is 47.9 Å². The number of H-pyrrole nitrogens is 1. The second kappa shape index (κ2) is 30.1. The van der Waals surface area contributed by atoms with Gasteiger partial charge in [0.15, 0.2) is 11.2 Å². The summed E-state index contributed by atoms with van der Waals surface area (Å²) in [5.74, 6) is -0.168. The van der Waals surface area contributed by atoms with Gasteiger partial charge in [-0.3, -0.25) is 9.59 Å². The van der Waals surface area contributed by atoms with Gasteiger partial charge in [-0.05, 0) is 148 Å². The van der Waals surface area contributed by atoms with E-state index in [1.54, 1.807) is 84.0 Å². The van der Waals surface area contributed by atoms with Crippen molar-refractivity contribution in [3.8, 4) is 62.3 Å². The molecule has 13 rings (SSSR count). The number of para-hydroxylation sites is 2. The van der Waals surface area contributed by atoms with Gasteiger partial charge >= 0.3 is 19.1 Å². The van der Waals surface area contributed by atoms with Crippen molar-refractivity contribution >= 4 is 58.9 Å². The van der Waals surface area contributed by atoms with E-state index in [9.17, 15) is 49.1 Å². The van der Waals surface area contributed by atoms with Crippen LogP contribution in [0.3, 0.4) is 0 Å². The number of ether oxygens (including phenoxy) is 4. The molecule has 0 spiro atoms.